The Hall–Kier alpha value is -0.500. The molecule has 10 heavy (non-hydrogen) atoms. The Kier molecular flexibility index (Phi) is 2.33. The maximum Gasteiger partial charge on any atom is 0.102 e. The van der Waals surface area contributed by atoms with Gasteiger partial charge in [-0.3, -0.25) is 0 Å². The van der Waals surface area contributed by atoms with E-state index in [9.17, 15) is 4.39 Å². The molecule has 1 aliphatic rings. The van der Waals surface area contributed by atoms with Crippen LogP contribution in [-0.4, -0.2) is 12.4 Å². The van der Waals surface area contributed by atoms with Gasteiger partial charge in [0, 0.05) is 19.2 Å². The van der Waals surface area contributed by atoms with E-state index >= 15 is 0 Å². The van der Waals surface area contributed by atoms with Crippen molar-refractivity contribution in [2.24, 2.45) is 0 Å². The minimum atomic E-state index is -0.227. The summed E-state index contributed by atoms with van der Waals surface area (Å²) in [6, 6.07) is 0. The van der Waals surface area contributed by atoms with Crippen LogP contribution in [-0.2, 0) is 0 Å². The van der Waals surface area contributed by atoms with E-state index in [0.29, 0.717) is 6.42 Å². The molecule has 0 aliphatic heterocycles. The van der Waals surface area contributed by atoms with Crippen LogP contribution >= 0.6 is 11.6 Å². The molecule has 0 saturated carbocycles. The average molecular weight is 162 g/mol. The first kappa shape index (κ1) is 7.61. The summed E-state index contributed by atoms with van der Waals surface area (Å²) in [7, 11) is 1.78. The van der Waals surface area contributed by atoms with Gasteiger partial charge < -0.3 is 5.32 Å². The van der Waals surface area contributed by atoms with E-state index in [1.807, 2.05) is 0 Å². The maximum absolute atomic E-state index is 12.4. The quantitative estimate of drug-likeness (QED) is 0.580. The molecule has 0 aromatic carbocycles. The van der Waals surface area contributed by atoms with Gasteiger partial charge in [-0.25, -0.2) is 4.39 Å². The van der Waals surface area contributed by atoms with Gasteiger partial charge in [-0.1, -0.05) is 0 Å². The number of halogens is 2. The predicted molar refractivity (Wildman–Crippen MR) is 40.6 cm³/mol. The number of nitrogens with one attached hydrogen (secondary N) is 1. The number of hydrogen-bond acceptors (Lipinski definition) is 1. The third-order valence-electron chi connectivity index (χ3n) is 1.44. The largest absolute Gasteiger partial charge is 0.390 e. The zero-order valence-corrected chi connectivity index (χ0v) is 6.45. The van der Waals surface area contributed by atoms with Crippen LogP contribution in [0.4, 0.5) is 4.39 Å². The van der Waals surface area contributed by atoms with Gasteiger partial charge in [-0.15, -0.1) is 11.6 Å². The lowest BCUT2D eigenvalue weighted by Gasteiger charge is -2.15. The van der Waals surface area contributed by atoms with Crippen molar-refractivity contribution >= 4 is 11.6 Å². The highest BCUT2D eigenvalue weighted by Crippen LogP contribution is 2.22. The molecule has 0 amide bonds. The molecule has 56 valence electrons. The second-order valence-electron chi connectivity index (χ2n) is 2.16. The molecule has 0 radical (unpaired) electrons. The summed E-state index contributed by atoms with van der Waals surface area (Å²) >= 11 is 5.77. The fraction of sp³-hybridized carbons (Fsp3) is 0.429. The zero-order valence-electron chi connectivity index (χ0n) is 5.70. The van der Waals surface area contributed by atoms with E-state index in [0.717, 1.165) is 5.70 Å². The highest BCUT2D eigenvalue weighted by Gasteiger charge is 2.14. The monoisotopic (exact) mass is 161 g/mol. The van der Waals surface area contributed by atoms with Crippen molar-refractivity contribution in [1.29, 1.82) is 0 Å². The highest BCUT2D eigenvalue weighted by molar-refractivity contribution is 6.22. The van der Waals surface area contributed by atoms with Gasteiger partial charge in [0.2, 0.25) is 0 Å². The van der Waals surface area contributed by atoms with Crippen LogP contribution in [0.3, 0.4) is 0 Å². The van der Waals surface area contributed by atoms with Crippen LogP contribution in [0.2, 0.25) is 0 Å². The molecule has 0 fully saturated rings. The molecule has 0 aromatic rings. The number of hydrogen-bond donors (Lipinski definition) is 1. The van der Waals surface area contributed by atoms with Gasteiger partial charge in [0.05, 0.1) is 5.38 Å². The molecule has 1 N–H and O–H groups in total. The number of allylic oxidation sites excluding steroid dienone is 4. The van der Waals surface area contributed by atoms with Crippen LogP contribution in [0.1, 0.15) is 6.42 Å². The Morgan fingerprint density at radius 2 is 2.40 bits per heavy atom. The summed E-state index contributed by atoms with van der Waals surface area (Å²) in [5, 5.41) is 2.67. The summed E-state index contributed by atoms with van der Waals surface area (Å²) in [4.78, 5) is 0. The van der Waals surface area contributed by atoms with Gasteiger partial charge in [0.1, 0.15) is 5.83 Å². The van der Waals surface area contributed by atoms with Crippen LogP contribution in [0, 0.1) is 0 Å². The third-order valence-corrected chi connectivity index (χ3v) is 1.83. The van der Waals surface area contributed by atoms with Crippen molar-refractivity contribution < 1.29 is 4.39 Å². The smallest absolute Gasteiger partial charge is 0.102 e. The Labute approximate surface area is 64.6 Å². The van der Waals surface area contributed by atoms with Gasteiger partial charge in [0.15, 0.2) is 0 Å². The molecule has 0 bridgehead atoms. The van der Waals surface area contributed by atoms with Crippen LogP contribution in [0.25, 0.3) is 0 Å². The predicted octanol–water partition coefficient (Wildman–Crippen LogP) is 1.95. The van der Waals surface area contributed by atoms with Crippen molar-refractivity contribution in [3.8, 4) is 0 Å². The standard InChI is InChI=1S/C7H9ClFN/c1-10-7-3-2-5(9)4-6(7)8/h2-3,6,10H,4H2,1H3. The highest BCUT2D eigenvalue weighted by atomic mass is 35.5. The fourth-order valence-electron chi connectivity index (χ4n) is 0.874. The first-order chi connectivity index (χ1) is 4.74. The second kappa shape index (κ2) is 3.06. The Morgan fingerprint density at radius 1 is 1.70 bits per heavy atom. The Balaban J connectivity index is 2.71. The number of rotatable bonds is 1. The lowest BCUT2D eigenvalue weighted by Crippen LogP contribution is -2.18. The van der Waals surface area contributed by atoms with E-state index in [1.165, 1.54) is 6.08 Å². The molecule has 0 saturated heterocycles. The van der Waals surface area contributed by atoms with Gasteiger partial charge in [0.25, 0.3) is 0 Å². The minimum absolute atomic E-state index is 0.154. The SMILES string of the molecule is CNC1=CC=C(F)CC1Cl. The van der Waals surface area contributed by atoms with Crippen molar-refractivity contribution in [2.75, 3.05) is 7.05 Å². The molecule has 0 spiro atoms. The third kappa shape index (κ3) is 1.51. The van der Waals surface area contributed by atoms with Crippen molar-refractivity contribution in [3.63, 3.8) is 0 Å². The Bertz CT molecular complexity index is 186. The second-order valence-corrected chi connectivity index (χ2v) is 2.68. The van der Waals surface area contributed by atoms with Crippen molar-refractivity contribution in [2.45, 2.75) is 11.8 Å². The van der Waals surface area contributed by atoms with Gasteiger partial charge in [-0.05, 0) is 12.2 Å². The molecule has 3 heteroatoms. The lowest BCUT2D eigenvalue weighted by molar-refractivity contribution is 0.578. The van der Waals surface area contributed by atoms with Gasteiger partial charge in [-0.2, -0.15) is 0 Å². The summed E-state index contributed by atoms with van der Waals surface area (Å²) in [6.07, 6.45) is 3.40. The van der Waals surface area contributed by atoms with E-state index in [2.05, 4.69) is 5.32 Å². The maximum atomic E-state index is 12.4. The molecule has 1 atom stereocenters. The molecule has 1 unspecified atom stereocenters. The van der Waals surface area contributed by atoms with Crippen LogP contribution in [0.5, 0.6) is 0 Å². The van der Waals surface area contributed by atoms with E-state index < -0.39 is 0 Å². The van der Waals surface area contributed by atoms with E-state index in [4.69, 9.17) is 11.6 Å². The first-order valence-electron chi connectivity index (χ1n) is 3.12. The first-order valence-corrected chi connectivity index (χ1v) is 3.55. The molecule has 0 aromatic heterocycles. The molecule has 1 nitrogen and oxygen atoms in total. The van der Waals surface area contributed by atoms with E-state index in [1.54, 1.807) is 13.1 Å². The van der Waals surface area contributed by atoms with Crippen molar-refractivity contribution in [3.05, 3.63) is 23.7 Å². The molecule has 0 heterocycles. The summed E-state index contributed by atoms with van der Waals surface area (Å²) in [5.74, 6) is -0.154. The molecule has 1 rings (SSSR count). The van der Waals surface area contributed by atoms with Crippen LogP contribution in [0.15, 0.2) is 23.7 Å². The Morgan fingerprint density at radius 3 is 2.90 bits per heavy atom. The molecular weight excluding hydrogens is 153 g/mol. The summed E-state index contributed by atoms with van der Waals surface area (Å²) < 4.78 is 12.4. The van der Waals surface area contributed by atoms with Crippen LogP contribution < -0.4 is 5.32 Å². The summed E-state index contributed by atoms with van der Waals surface area (Å²) in [6.45, 7) is 0. The normalized spacial score (nSPS) is 25.3. The topological polar surface area (TPSA) is 12.0 Å². The zero-order chi connectivity index (χ0) is 7.56. The van der Waals surface area contributed by atoms with Crippen molar-refractivity contribution in [1.82, 2.24) is 5.32 Å². The molecular formula is C7H9ClFN. The fourth-order valence-corrected chi connectivity index (χ4v) is 1.20. The molecule has 1 aliphatic carbocycles. The number of alkyl halides is 1. The average Bonchev–Trinajstić information content (AvgIpc) is 1.88. The minimum Gasteiger partial charge on any atom is -0.390 e. The van der Waals surface area contributed by atoms with E-state index in [-0.39, 0.29) is 11.2 Å². The lowest BCUT2D eigenvalue weighted by atomic mass is 10.1. The summed E-state index contributed by atoms with van der Waals surface area (Å²) in [5.41, 5.74) is 0.878. The van der Waals surface area contributed by atoms with Gasteiger partial charge >= 0.3 is 0 Å².